The lowest BCUT2D eigenvalue weighted by Crippen LogP contribution is -2.39. The molecule has 0 radical (unpaired) electrons. The number of carbonyl (C=O) groups is 2. The maximum atomic E-state index is 11.7. The van der Waals surface area contributed by atoms with Gasteiger partial charge in [-0.15, -0.1) is 0 Å². The number of aliphatic hydroxyl groups is 1. The van der Waals surface area contributed by atoms with E-state index in [1.165, 1.54) is 21.0 Å². The van der Waals surface area contributed by atoms with Gasteiger partial charge in [0.05, 0.1) is 19.8 Å². The zero-order chi connectivity index (χ0) is 14.9. The first-order valence-electron chi connectivity index (χ1n) is 6.03. The van der Waals surface area contributed by atoms with Gasteiger partial charge in [0.15, 0.2) is 5.60 Å². The third kappa shape index (κ3) is 7.63. The molecule has 1 atom stereocenters. The topological polar surface area (TPSA) is 91.3 Å². The molecule has 1 N–H and O–H groups in total. The van der Waals surface area contributed by atoms with Crippen molar-refractivity contribution in [2.24, 2.45) is 0 Å². The van der Waals surface area contributed by atoms with Gasteiger partial charge in [0.2, 0.25) is 0 Å². The highest BCUT2D eigenvalue weighted by atomic mass is 16.7. The molecule has 0 saturated heterocycles. The van der Waals surface area contributed by atoms with E-state index in [9.17, 15) is 14.7 Å². The second kappa shape index (κ2) is 8.71. The minimum Gasteiger partial charge on any atom is -0.461 e. The van der Waals surface area contributed by atoms with Crippen LogP contribution >= 0.6 is 0 Å². The van der Waals surface area contributed by atoms with E-state index in [1.807, 2.05) is 0 Å². The molecular weight excluding hydrogens is 256 g/mol. The summed E-state index contributed by atoms with van der Waals surface area (Å²) < 4.78 is 19.1. The SMILES string of the molecule is CCC(O)COC(=O)C(C)(C)OCCOC(=O)OC. The molecule has 7 nitrogen and oxygen atoms in total. The molecule has 19 heavy (non-hydrogen) atoms. The molecule has 0 aliphatic carbocycles. The fourth-order valence-electron chi connectivity index (χ4n) is 1.00. The van der Waals surface area contributed by atoms with Crippen LogP contribution in [0.15, 0.2) is 0 Å². The summed E-state index contributed by atoms with van der Waals surface area (Å²) in [5.74, 6) is -0.585. The highest BCUT2D eigenvalue weighted by Crippen LogP contribution is 2.12. The van der Waals surface area contributed by atoms with Crippen LogP contribution in [0.3, 0.4) is 0 Å². The minimum atomic E-state index is -1.17. The smallest absolute Gasteiger partial charge is 0.461 e. The molecule has 112 valence electrons. The van der Waals surface area contributed by atoms with Gasteiger partial charge >= 0.3 is 12.1 Å². The van der Waals surface area contributed by atoms with Gasteiger partial charge in [-0.3, -0.25) is 0 Å². The van der Waals surface area contributed by atoms with Crippen molar-refractivity contribution in [3.8, 4) is 0 Å². The first-order chi connectivity index (χ1) is 8.83. The molecule has 0 aromatic rings. The Morgan fingerprint density at radius 1 is 1.21 bits per heavy atom. The van der Waals surface area contributed by atoms with Crippen LogP contribution < -0.4 is 0 Å². The van der Waals surface area contributed by atoms with E-state index in [0.29, 0.717) is 6.42 Å². The number of esters is 1. The van der Waals surface area contributed by atoms with E-state index in [-0.39, 0.29) is 19.8 Å². The number of ether oxygens (including phenoxy) is 4. The molecule has 7 heteroatoms. The third-order valence-corrected chi connectivity index (χ3v) is 2.30. The van der Waals surface area contributed by atoms with Crippen LogP contribution in [0, 0.1) is 0 Å². The number of carbonyl (C=O) groups excluding carboxylic acids is 2. The van der Waals surface area contributed by atoms with Crippen LogP contribution in [0.4, 0.5) is 4.79 Å². The fourth-order valence-corrected chi connectivity index (χ4v) is 1.00. The highest BCUT2D eigenvalue weighted by molar-refractivity contribution is 5.78. The van der Waals surface area contributed by atoms with E-state index in [0.717, 1.165) is 0 Å². The second-order valence-electron chi connectivity index (χ2n) is 4.32. The predicted molar refractivity (Wildman–Crippen MR) is 65.6 cm³/mol. The van der Waals surface area contributed by atoms with Crippen molar-refractivity contribution < 1.29 is 33.6 Å². The number of rotatable bonds is 8. The number of hydrogen-bond donors (Lipinski definition) is 1. The fraction of sp³-hybridized carbons (Fsp3) is 0.833. The van der Waals surface area contributed by atoms with E-state index >= 15 is 0 Å². The quantitative estimate of drug-likeness (QED) is 0.520. The minimum absolute atomic E-state index is 0.0268. The standard InChI is InChI=1S/C12H22O7/c1-5-9(13)8-18-10(14)12(2,3)19-7-6-17-11(15)16-4/h9,13H,5-8H2,1-4H3. The zero-order valence-corrected chi connectivity index (χ0v) is 11.8. The van der Waals surface area contributed by atoms with E-state index in [4.69, 9.17) is 9.47 Å². The molecule has 0 amide bonds. The highest BCUT2D eigenvalue weighted by Gasteiger charge is 2.30. The third-order valence-electron chi connectivity index (χ3n) is 2.30. The summed E-state index contributed by atoms with van der Waals surface area (Å²) in [6.45, 7) is 4.79. The molecule has 0 heterocycles. The molecule has 1 unspecified atom stereocenters. The molecule has 0 spiro atoms. The Morgan fingerprint density at radius 3 is 2.37 bits per heavy atom. The summed E-state index contributed by atoms with van der Waals surface area (Å²) in [7, 11) is 1.20. The first-order valence-corrected chi connectivity index (χ1v) is 6.03. The Hall–Kier alpha value is -1.34. The molecule has 0 aromatic carbocycles. The van der Waals surface area contributed by atoms with Crippen molar-refractivity contribution in [1.29, 1.82) is 0 Å². The number of aliphatic hydroxyl groups excluding tert-OH is 1. The van der Waals surface area contributed by atoms with Crippen LogP contribution in [-0.4, -0.2) is 55.9 Å². The lowest BCUT2D eigenvalue weighted by molar-refractivity contribution is -0.172. The maximum Gasteiger partial charge on any atom is 0.508 e. The number of methoxy groups -OCH3 is 1. The van der Waals surface area contributed by atoms with Crippen molar-refractivity contribution in [1.82, 2.24) is 0 Å². The van der Waals surface area contributed by atoms with E-state index < -0.39 is 23.8 Å². The summed E-state index contributed by atoms with van der Waals surface area (Å²) in [5.41, 5.74) is -1.17. The van der Waals surface area contributed by atoms with Crippen molar-refractivity contribution in [2.75, 3.05) is 26.9 Å². The lowest BCUT2D eigenvalue weighted by atomic mass is 10.1. The van der Waals surface area contributed by atoms with E-state index in [2.05, 4.69) is 9.47 Å². The van der Waals surface area contributed by atoms with Gasteiger partial charge in [-0.2, -0.15) is 0 Å². The normalized spacial score (nSPS) is 12.7. The van der Waals surface area contributed by atoms with Crippen LogP contribution in [0.2, 0.25) is 0 Å². The lowest BCUT2D eigenvalue weighted by Gasteiger charge is -2.23. The van der Waals surface area contributed by atoms with Crippen molar-refractivity contribution >= 4 is 12.1 Å². The summed E-state index contributed by atoms with van der Waals surface area (Å²) in [5, 5.41) is 9.29. The van der Waals surface area contributed by atoms with Gasteiger partial charge in [-0.05, 0) is 20.3 Å². The molecule has 0 saturated carbocycles. The predicted octanol–water partition coefficient (Wildman–Crippen LogP) is 0.879. The second-order valence-corrected chi connectivity index (χ2v) is 4.32. The van der Waals surface area contributed by atoms with Crippen molar-refractivity contribution in [3.63, 3.8) is 0 Å². The summed E-state index contributed by atoms with van der Waals surface area (Å²) in [4.78, 5) is 22.3. The van der Waals surface area contributed by atoms with Crippen LogP contribution in [-0.2, 0) is 23.7 Å². The zero-order valence-electron chi connectivity index (χ0n) is 11.8. The molecule has 0 fully saturated rings. The Labute approximate surface area is 112 Å². The molecule has 0 aliphatic rings. The first kappa shape index (κ1) is 17.7. The average Bonchev–Trinajstić information content (AvgIpc) is 2.39. The molecular formula is C12H22O7. The molecule has 0 bridgehead atoms. The molecule has 0 rings (SSSR count). The van der Waals surface area contributed by atoms with Gasteiger partial charge in [-0.1, -0.05) is 6.92 Å². The van der Waals surface area contributed by atoms with Crippen LogP contribution in [0.1, 0.15) is 27.2 Å². The Morgan fingerprint density at radius 2 is 1.84 bits per heavy atom. The number of hydrogen-bond acceptors (Lipinski definition) is 7. The van der Waals surface area contributed by atoms with Gasteiger partial charge < -0.3 is 24.1 Å². The van der Waals surface area contributed by atoms with Crippen LogP contribution in [0.25, 0.3) is 0 Å². The average molecular weight is 278 g/mol. The van der Waals surface area contributed by atoms with Crippen molar-refractivity contribution in [2.45, 2.75) is 38.9 Å². The summed E-state index contributed by atoms with van der Waals surface area (Å²) >= 11 is 0. The van der Waals surface area contributed by atoms with E-state index in [1.54, 1.807) is 6.92 Å². The summed E-state index contributed by atoms with van der Waals surface area (Å²) in [6, 6.07) is 0. The molecule has 0 aliphatic heterocycles. The Bertz CT molecular complexity index is 288. The van der Waals surface area contributed by atoms with Gasteiger partial charge in [0.25, 0.3) is 0 Å². The van der Waals surface area contributed by atoms with Crippen LogP contribution in [0.5, 0.6) is 0 Å². The van der Waals surface area contributed by atoms with Gasteiger partial charge in [-0.25, -0.2) is 9.59 Å². The monoisotopic (exact) mass is 278 g/mol. The Balaban J connectivity index is 3.95. The Kier molecular flexibility index (Phi) is 8.09. The van der Waals surface area contributed by atoms with Crippen molar-refractivity contribution in [3.05, 3.63) is 0 Å². The maximum absolute atomic E-state index is 11.7. The summed E-state index contributed by atoms with van der Waals surface area (Å²) in [6.07, 6.45) is -0.987. The largest absolute Gasteiger partial charge is 0.508 e. The van der Waals surface area contributed by atoms with Gasteiger partial charge in [0.1, 0.15) is 13.2 Å². The van der Waals surface area contributed by atoms with Gasteiger partial charge in [0, 0.05) is 0 Å². The molecule has 0 aromatic heterocycles.